The summed E-state index contributed by atoms with van der Waals surface area (Å²) in [7, 11) is 2.85. The van der Waals surface area contributed by atoms with Crippen LogP contribution in [0.5, 0.6) is 0 Å². The highest BCUT2D eigenvalue weighted by molar-refractivity contribution is 7.14. The molecule has 4 aromatic rings. The summed E-state index contributed by atoms with van der Waals surface area (Å²) in [4.78, 5) is 41.5. The molecule has 3 heterocycles. The van der Waals surface area contributed by atoms with Crippen molar-refractivity contribution in [2.24, 2.45) is 14.1 Å². The lowest BCUT2D eigenvalue weighted by molar-refractivity contribution is -0.137. The van der Waals surface area contributed by atoms with E-state index in [2.05, 4.69) is 14.7 Å². The number of carbonyl (C=O) groups is 1. The monoisotopic (exact) mass is 481 g/mol. The van der Waals surface area contributed by atoms with Gasteiger partial charge in [-0.15, -0.1) is 11.3 Å². The Morgan fingerprint density at radius 1 is 1.19 bits per heavy atom. The number of aryl methyl sites for hydroxylation is 1. The lowest BCUT2D eigenvalue weighted by Gasteiger charge is -2.07. The molecule has 3 aromatic heterocycles. The number of fused-ring (bicyclic) bond motifs is 1. The minimum absolute atomic E-state index is 0.193. The smallest absolute Gasteiger partial charge is 0.302 e. The summed E-state index contributed by atoms with van der Waals surface area (Å²) in [5.41, 5.74) is -1.04. The van der Waals surface area contributed by atoms with Crippen molar-refractivity contribution in [2.45, 2.75) is 12.6 Å². The highest BCUT2D eigenvalue weighted by Gasteiger charge is 2.30. The molecule has 32 heavy (non-hydrogen) atoms. The number of thiazole rings is 1. The normalized spacial score (nSPS) is 11.8. The highest BCUT2D eigenvalue weighted by Crippen LogP contribution is 2.33. The third-order valence-electron chi connectivity index (χ3n) is 4.71. The first-order valence-corrected chi connectivity index (χ1v) is 10.7. The van der Waals surface area contributed by atoms with Gasteiger partial charge in [0.1, 0.15) is 4.83 Å². The third-order valence-corrected chi connectivity index (χ3v) is 6.43. The molecular formula is C19H14F3N5O3S2. The molecule has 0 fully saturated rings. The number of benzene rings is 1. The molecule has 4 rings (SSSR count). The summed E-state index contributed by atoms with van der Waals surface area (Å²) in [6.45, 7) is 0. The Labute approximate surface area is 185 Å². The first-order valence-electron chi connectivity index (χ1n) is 9.03. The minimum Gasteiger partial charge on any atom is -0.302 e. The van der Waals surface area contributed by atoms with Crippen LogP contribution in [0.4, 0.5) is 18.3 Å². The molecule has 0 saturated heterocycles. The van der Waals surface area contributed by atoms with Crippen molar-refractivity contribution >= 4 is 44.1 Å². The van der Waals surface area contributed by atoms with Crippen LogP contribution in [-0.4, -0.2) is 24.4 Å². The molecule has 1 aromatic carbocycles. The summed E-state index contributed by atoms with van der Waals surface area (Å²) < 4.78 is 45.2. The Bertz CT molecular complexity index is 1470. The van der Waals surface area contributed by atoms with Crippen LogP contribution in [0, 0.1) is 0 Å². The first-order chi connectivity index (χ1) is 15.1. The number of rotatable bonds is 4. The molecule has 1 N–H and O–H groups in total. The third kappa shape index (κ3) is 3.96. The summed E-state index contributed by atoms with van der Waals surface area (Å²) in [6.07, 6.45) is -4.70. The van der Waals surface area contributed by atoms with E-state index in [1.54, 1.807) is 0 Å². The Morgan fingerprint density at radius 3 is 2.66 bits per heavy atom. The lowest BCUT2D eigenvalue weighted by atomic mass is 10.1. The molecule has 8 nitrogen and oxygen atoms in total. The number of amides is 1. The molecule has 0 aliphatic carbocycles. The van der Waals surface area contributed by atoms with E-state index < -0.39 is 28.9 Å². The zero-order valence-corrected chi connectivity index (χ0v) is 18.2. The second kappa shape index (κ2) is 7.98. The molecule has 0 unspecified atom stereocenters. The van der Waals surface area contributed by atoms with Crippen LogP contribution in [0.2, 0.25) is 0 Å². The summed E-state index contributed by atoms with van der Waals surface area (Å²) in [5.74, 6) is -0.502. The number of hydrogen-bond donors (Lipinski definition) is 1. The number of nitrogens with one attached hydrogen (secondary N) is 1. The van der Waals surface area contributed by atoms with Crippen LogP contribution in [0.1, 0.15) is 11.3 Å². The van der Waals surface area contributed by atoms with Crippen LogP contribution in [-0.2, 0) is 31.5 Å². The van der Waals surface area contributed by atoms with Crippen molar-refractivity contribution in [2.75, 3.05) is 5.32 Å². The van der Waals surface area contributed by atoms with Gasteiger partial charge >= 0.3 is 11.9 Å². The number of hydrogen-bond acceptors (Lipinski definition) is 7. The topological polar surface area (TPSA) is 98.9 Å². The summed E-state index contributed by atoms with van der Waals surface area (Å²) in [5, 5.41) is 4.50. The van der Waals surface area contributed by atoms with Gasteiger partial charge in [-0.2, -0.15) is 17.5 Å². The number of alkyl halides is 3. The van der Waals surface area contributed by atoms with Gasteiger partial charge in [0.25, 0.3) is 5.56 Å². The molecule has 13 heteroatoms. The maximum atomic E-state index is 12.9. The Kier molecular flexibility index (Phi) is 5.46. The van der Waals surface area contributed by atoms with E-state index in [0.717, 1.165) is 39.6 Å². The predicted molar refractivity (Wildman–Crippen MR) is 115 cm³/mol. The largest absolute Gasteiger partial charge is 0.416 e. The Hall–Kier alpha value is -3.32. The van der Waals surface area contributed by atoms with E-state index in [1.165, 1.54) is 36.2 Å². The van der Waals surface area contributed by atoms with Gasteiger partial charge in [-0.1, -0.05) is 12.1 Å². The van der Waals surface area contributed by atoms with E-state index in [0.29, 0.717) is 10.5 Å². The maximum Gasteiger partial charge on any atom is 0.416 e. The van der Waals surface area contributed by atoms with Crippen molar-refractivity contribution in [1.82, 2.24) is 18.5 Å². The van der Waals surface area contributed by atoms with Crippen molar-refractivity contribution < 1.29 is 18.0 Å². The van der Waals surface area contributed by atoms with Gasteiger partial charge in [-0.25, -0.2) is 9.78 Å². The average molecular weight is 481 g/mol. The fraction of sp³-hybridized carbons (Fsp3) is 0.211. The molecule has 0 aliphatic rings. The van der Waals surface area contributed by atoms with Crippen LogP contribution >= 0.6 is 22.9 Å². The number of nitrogens with zero attached hydrogens (tertiary/aromatic N) is 4. The van der Waals surface area contributed by atoms with Crippen molar-refractivity contribution in [3.05, 3.63) is 61.7 Å². The predicted octanol–water partition coefficient (Wildman–Crippen LogP) is 3.02. The quantitative estimate of drug-likeness (QED) is 0.483. The molecule has 0 saturated carbocycles. The first kappa shape index (κ1) is 21.9. The highest BCUT2D eigenvalue weighted by atomic mass is 32.1. The molecule has 0 bridgehead atoms. The van der Waals surface area contributed by atoms with E-state index in [9.17, 15) is 27.6 Å². The van der Waals surface area contributed by atoms with Crippen LogP contribution in [0.25, 0.3) is 21.5 Å². The molecule has 0 radical (unpaired) electrons. The van der Waals surface area contributed by atoms with Crippen molar-refractivity contribution in [3.8, 4) is 11.3 Å². The van der Waals surface area contributed by atoms with E-state index in [1.807, 2.05) is 0 Å². The van der Waals surface area contributed by atoms with E-state index in [4.69, 9.17) is 0 Å². The van der Waals surface area contributed by atoms with Gasteiger partial charge in [-0.05, 0) is 23.7 Å². The average Bonchev–Trinajstić information content (AvgIpc) is 3.37. The zero-order valence-electron chi connectivity index (χ0n) is 16.6. The molecule has 0 aliphatic heterocycles. The van der Waals surface area contributed by atoms with Crippen LogP contribution in [0.3, 0.4) is 0 Å². The standard InChI is InChI=1S/C19H14F3N5O3S2/c1-26-15(29)14-11(25-32-16(14)27(2)18(26)30)7-13(28)24-17-23-12(8-31-17)9-4-3-5-10(6-9)19(20,21)22/h3-6,8H,7H2,1-2H3,(H,23,24,28). The van der Waals surface area contributed by atoms with Gasteiger partial charge in [0, 0.05) is 25.0 Å². The van der Waals surface area contributed by atoms with Crippen molar-refractivity contribution in [3.63, 3.8) is 0 Å². The number of anilines is 1. The molecule has 1 amide bonds. The fourth-order valence-corrected chi connectivity index (χ4v) is 4.66. The molecular weight excluding hydrogens is 467 g/mol. The van der Waals surface area contributed by atoms with Crippen LogP contribution < -0.4 is 16.6 Å². The molecule has 166 valence electrons. The van der Waals surface area contributed by atoms with Gasteiger partial charge in [0.05, 0.1) is 28.8 Å². The fourth-order valence-electron chi connectivity index (χ4n) is 3.08. The zero-order chi connectivity index (χ0) is 23.2. The van der Waals surface area contributed by atoms with Crippen molar-refractivity contribution in [1.29, 1.82) is 0 Å². The minimum atomic E-state index is -4.47. The number of carbonyl (C=O) groups excluding carboxylic acids is 1. The van der Waals surface area contributed by atoms with E-state index >= 15 is 0 Å². The second-order valence-corrected chi connectivity index (χ2v) is 8.47. The van der Waals surface area contributed by atoms with Gasteiger partial charge < -0.3 is 5.32 Å². The number of aromatic nitrogens is 4. The summed E-state index contributed by atoms with van der Waals surface area (Å²) in [6, 6.07) is 4.74. The van der Waals surface area contributed by atoms with Crippen LogP contribution in [0.15, 0.2) is 39.2 Å². The Balaban J connectivity index is 1.55. The lowest BCUT2D eigenvalue weighted by Crippen LogP contribution is -2.36. The Morgan fingerprint density at radius 2 is 1.94 bits per heavy atom. The van der Waals surface area contributed by atoms with Gasteiger partial charge in [0.2, 0.25) is 5.91 Å². The molecule has 0 spiro atoms. The maximum absolute atomic E-state index is 12.9. The van der Waals surface area contributed by atoms with Gasteiger partial charge in [-0.3, -0.25) is 18.7 Å². The number of halogens is 3. The molecule has 0 atom stereocenters. The van der Waals surface area contributed by atoms with Gasteiger partial charge in [0.15, 0.2) is 5.13 Å². The SMILES string of the molecule is Cn1c(=O)c2c(CC(=O)Nc3nc(-c4cccc(C(F)(F)F)c4)cs3)nsc2n(C)c1=O. The second-order valence-electron chi connectivity index (χ2n) is 6.86. The van der Waals surface area contributed by atoms with E-state index in [-0.39, 0.29) is 28.2 Å². The summed E-state index contributed by atoms with van der Waals surface area (Å²) >= 11 is 2.00.